The summed E-state index contributed by atoms with van der Waals surface area (Å²) in [5, 5.41) is 13.5. The van der Waals surface area contributed by atoms with Gasteiger partial charge in [-0.2, -0.15) is 4.98 Å². The monoisotopic (exact) mass is 288 g/mol. The fourth-order valence-corrected chi connectivity index (χ4v) is 2.14. The van der Waals surface area contributed by atoms with Gasteiger partial charge in [-0.1, -0.05) is 17.3 Å². The number of fused-ring (bicyclic) bond motifs is 1. The molecule has 0 aliphatic carbocycles. The molecule has 1 unspecified atom stereocenters. The van der Waals surface area contributed by atoms with Crippen LogP contribution in [0.25, 0.3) is 11.0 Å². The highest BCUT2D eigenvalue weighted by Crippen LogP contribution is 2.12. The third-order valence-corrected chi connectivity index (χ3v) is 3.04. The molecule has 3 rings (SSSR count). The van der Waals surface area contributed by atoms with Crippen molar-refractivity contribution in [1.82, 2.24) is 20.1 Å². The van der Waals surface area contributed by atoms with Crippen molar-refractivity contribution in [3.8, 4) is 0 Å². The quantitative estimate of drug-likeness (QED) is 0.704. The third kappa shape index (κ3) is 3.26. The van der Waals surface area contributed by atoms with Gasteiger partial charge in [0.1, 0.15) is 5.82 Å². The van der Waals surface area contributed by atoms with Crippen molar-refractivity contribution in [1.29, 1.82) is 0 Å². The van der Waals surface area contributed by atoms with E-state index in [0.29, 0.717) is 18.1 Å². The van der Waals surface area contributed by atoms with Crippen molar-refractivity contribution in [2.75, 3.05) is 13.7 Å². The van der Waals surface area contributed by atoms with Gasteiger partial charge in [-0.25, -0.2) is 4.98 Å². The number of methoxy groups -OCH3 is 1. The van der Waals surface area contributed by atoms with Crippen LogP contribution in [0.3, 0.4) is 0 Å². The summed E-state index contributed by atoms with van der Waals surface area (Å²) in [7, 11) is 1.53. The second-order valence-corrected chi connectivity index (χ2v) is 4.80. The third-order valence-electron chi connectivity index (χ3n) is 3.04. The lowest BCUT2D eigenvalue weighted by Gasteiger charge is -2.04. The van der Waals surface area contributed by atoms with Gasteiger partial charge in [-0.3, -0.25) is 0 Å². The summed E-state index contributed by atoms with van der Waals surface area (Å²) >= 11 is 0. The van der Waals surface area contributed by atoms with E-state index in [-0.39, 0.29) is 13.0 Å². The maximum absolute atomic E-state index is 9.63. The maximum atomic E-state index is 9.63. The van der Waals surface area contributed by atoms with E-state index in [1.807, 2.05) is 24.3 Å². The Hall–Kier alpha value is -2.25. The number of benzene rings is 1. The number of rotatable bonds is 6. The summed E-state index contributed by atoms with van der Waals surface area (Å²) in [6, 6.07) is 7.80. The lowest BCUT2D eigenvalue weighted by Crippen LogP contribution is -2.17. The Balaban J connectivity index is 1.69. The molecule has 0 saturated carbocycles. The lowest BCUT2D eigenvalue weighted by atomic mass is 10.3. The zero-order valence-electron chi connectivity index (χ0n) is 11.6. The van der Waals surface area contributed by atoms with Crippen molar-refractivity contribution in [2.45, 2.75) is 18.9 Å². The van der Waals surface area contributed by atoms with E-state index in [9.17, 15) is 5.11 Å². The van der Waals surface area contributed by atoms with Gasteiger partial charge in [0.05, 0.1) is 36.6 Å². The van der Waals surface area contributed by atoms with Crippen molar-refractivity contribution >= 4 is 11.0 Å². The van der Waals surface area contributed by atoms with Crippen LogP contribution < -0.4 is 0 Å². The van der Waals surface area contributed by atoms with Crippen molar-refractivity contribution in [2.24, 2.45) is 0 Å². The van der Waals surface area contributed by atoms with Gasteiger partial charge in [0.2, 0.25) is 5.89 Å². The molecule has 0 bridgehead atoms. The number of aliphatic hydroxyl groups is 1. The Morgan fingerprint density at radius 1 is 1.33 bits per heavy atom. The molecule has 0 aliphatic rings. The van der Waals surface area contributed by atoms with Crippen LogP contribution in [0.15, 0.2) is 28.8 Å². The van der Waals surface area contributed by atoms with E-state index in [1.54, 1.807) is 0 Å². The highest BCUT2D eigenvalue weighted by atomic mass is 16.5. The predicted octanol–water partition coefficient (Wildman–Crippen LogP) is 1.09. The van der Waals surface area contributed by atoms with Crippen LogP contribution in [0.1, 0.15) is 17.5 Å². The molecule has 0 aliphatic heterocycles. The molecular formula is C14H16N4O3. The van der Waals surface area contributed by atoms with E-state index in [0.717, 1.165) is 16.9 Å². The minimum absolute atomic E-state index is 0.237. The SMILES string of the molecule is COCC(O)Cc1nc(Cc2nc3ccccc3[nH]2)no1. The number of para-hydroxylation sites is 2. The van der Waals surface area contributed by atoms with Gasteiger partial charge in [-0.05, 0) is 12.1 Å². The number of hydrogen-bond acceptors (Lipinski definition) is 6. The fraction of sp³-hybridized carbons (Fsp3) is 0.357. The first-order chi connectivity index (χ1) is 10.2. The molecule has 0 saturated heterocycles. The Morgan fingerprint density at radius 2 is 2.19 bits per heavy atom. The normalized spacial score (nSPS) is 12.9. The van der Waals surface area contributed by atoms with Crippen LogP contribution in [0.4, 0.5) is 0 Å². The molecule has 7 heteroatoms. The smallest absolute Gasteiger partial charge is 0.229 e. The van der Waals surface area contributed by atoms with Crippen LogP contribution >= 0.6 is 0 Å². The Bertz CT molecular complexity index is 689. The van der Waals surface area contributed by atoms with E-state index in [4.69, 9.17) is 9.26 Å². The molecule has 110 valence electrons. The molecule has 0 fully saturated rings. The van der Waals surface area contributed by atoms with Gasteiger partial charge in [0.25, 0.3) is 0 Å². The number of nitrogens with one attached hydrogen (secondary N) is 1. The standard InChI is InChI=1S/C14H16N4O3/c1-20-8-9(19)6-14-17-13(18-21-14)7-12-15-10-4-2-3-5-11(10)16-12/h2-5,9,19H,6-8H2,1H3,(H,15,16). The van der Waals surface area contributed by atoms with Crippen LogP contribution in [0, 0.1) is 0 Å². The number of aromatic nitrogens is 4. The van der Waals surface area contributed by atoms with Gasteiger partial charge in [0, 0.05) is 7.11 Å². The van der Waals surface area contributed by atoms with Gasteiger partial charge < -0.3 is 19.4 Å². The number of ether oxygens (including phenoxy) is 1. The number of hydrogen-bond donors (Lipinski definition) is 2. The number of aliphatic hydroxyl groups excluding tert-OH is 1. The van der Waals surface area contributed by atoms with Gasteiger partial charge >= 0.3 is 0 Å². The zero-order chi connectivity index (χ0) is 14.7. The van der Waals surface area contributed by atoms with Gasteiger partial charge in [0.15, 0.2) is 5.82 Å². The Kier molecular flexibility index (Phi) is 3.94. The summed E-state index contributed by atoms with van der Waals surface area (Å²) in [6.45, 7) is 0.237. The fourth-order valence-electron chi connectivity index (χ4n) is 2.14. The number of H-pyrrole nitrogens is 1. The first-order valence-electron chi connectivity index (χ1n) is 6.66. The second-order valence-electron chi connectivity index (χ2n) is 4.80. The predicted molar refractivity (Wildman–Crippen MR) is 74.8 cm³/mol. The van der Waals surface area contributed by atoms with Crippen molar-refractivity contribution in [3.05, 3.63) is 41.8 Å². The Labute approximate surface area is 121 Å². The summed E-state index contributed by atoms with van der Waals surface area (Å²) in [6.07, 6.45) is 0.0917. The van der Waals surface area contributed by atoms with Crippen LogP contribution in [-0.2, 0) is 17.6 Å². The van der Waals surface area contributed by atoms with Crippen LogP contribution in [-0.4, -0.2) is 45.0 Å². The molecule has 1 aromatic carbocycles. The summed E-state index contributed by atoms with van der Waals surface area (Å²) < 4.78 is 9.97. The summed E-state index contributed by atoms with van der Waals surface area (Å²) in [5.41, 5.74) is 1.89. The first-order valence-corrected chi connectivity index (χ1v) is 6.66. The highest BCUT2D eigenvalue weighted by molar-refractivity contribution is 5.74. The number of nitrogens with zero attached hydrogens (tertiary/aromatic N) is 3. The van der Waals surface area contributed by atoms with E-state index >= 15 is 0 Å². The topological polar surface area (TPSA) is 97.1 Å². The average Bonchev–Trinajstić information content (AvgIpc) is 3.05. The zero-order valence-corrected chi connectivity index (χ0v) is 11.6. The van der Waals surface area contributed by atoms with Crippen molar-refractivity contribution in [3.63, 3.8) is 0 Å². The first kappa shape index (κ1) is 13.7. The van der Waals surface area contributed by atoms with Gasteiger partial charge in [-0.15, -0.1) is 0 Å². The van der Waals surface area contributed by atoms with E-state index in [1.165, 1.54) is 7.11 Å². The largest absolute Gasteiger partial charge is 0.390 e. The molecule has 0 radical (unpaired) electrons. The molecule has 2 heterocycles. The van der Waals surface area contributed by atoms with Crippen LogP contribution in [0.2, 0.25) is 0 Å². The maximum Gasteiger partial charge on any atom is 0.229 e. The summed E-state index contributed by atoms with van der Waals surface area (Å²) in [5.74, 6) is 1.71. The molecule has 0 spiro atoms. The molecule has 3 aromatic rings. The minimum Gasteiger partial charge on any atom is -0.390 e. The molecule has 21 heavy (non-hydrogen) atoms. The molecule has 0 amide bonds. The van der Waals surface area contributed by atoms with Crippen molar-refractivity contribution < 1.29 is 14.4 Å². The van der Waals surface area contributed by atoms with E-state index in [2.05, 4.69) is 20.1 Å². The molecular weight excluding hydrogens is 272 g/mol. The van der Waals surface area contributed by atoms with E-state index < -0.39 is 6.10 Å². The van der Waals surface area contributed by atoms with Crippen LogP contribution in [0.5, 0.6) is 0 Å². The Morgan fingerprint density at radius 3 is 3.00 bits per heavy atom. The molecule has 7 nitrogen and oxygen atoms in total. The average molecular weight is 288 g/mol. The minimum atomic E-state index is -0.644. The number of aromatic amines is 1. The molecule has 1 atom stereocenters. The molecule has 2 aromatic heterocycles. The lowest BCUT2D eigenvalue weighted by molar-refractivity contribution is 0.0599. The second kappa shape index (κ2) is 6.02. The summed E-state index contributed by atoms with van der Waals surface area (Å²) in [4.78, 5) is 11.9. The number of imidazole rings is 1. The highest BCUT2D eigenvalue weighted by Gasteiger charge is 2.13. The molecule has 2 N–H and O–H groups in total.